The molecule has 0 bridgehead atoms. The van der Waals surface area contributed by atoms with Gasteiger partial charge in [-0.15, -0.1) is 0 Å². The van der Waals surface area contributed by atoms with Gasteiger partial charge in [-0.1, -0.05) is 33.1 Å². The van der Waals surface area contributed by atoms with E-state index in [1.165, 1.54) is 44.9 Å². The van der Waals surface area contributed by atoms with E-state index >= 15 is 0 Å². The molecular formula is C15H31NO. The Labute approximate surface area is 108 Å². The molecule has 17 heavy (non-hydrogen) atoms. The zero-order valence-corrected chi connectivity index (χ0v) is 12.1. The molecule has 1 N–H and O–H groups in total. The molecule has 0 aromatic carbocycles. The maximum Gasteiger partial charge on any atom is 0.0530 e. The van der Waals surface area contributed by atoms with Gasteiger partial charge < -0.3 is 10.1 Å². The van der Waals surface area contributed by atoms with Crippen LogP contribution in [0.3, 0.4) is 0 Å². The molecule has 0 aromatic heterocycles. The average Bonchev–Trinajstić information content (AvgIpc) is 2.36. The van der Waals surface area contributed by atoms with Gasteiger partial charge in [-0.3, -0.25) is 0 Å². The number of ether oxygens (including phenoxy) is 1. The molecule has 1 fully saturated rings. The van der Waals surface area contributed by atoms with Crippen molar-refractivity contribution in [2.45, 2.75) is 58.8 Å². The fraction of sp³-hybridized carbons (Fsp3) is 1.00. The molecule has 1 aliphatic rings. The van der Waals surface area contributed by atoms with Crippen LogP contribution in [0.15, 0.2) is 0 Å². The van der Waals surface area contributed by atoms with Crippen LogP contribution in [0.5, 0.6) is 0 Å². The Morgan fingerprint density at radius 3 is 2.47 bits per heavy atom. The summed E-state index contributed by atoms with van der Waals surface area (Å²) in [4.78, 5) is 0. The van der Waals surface area contributed by atoms with Crippen molar-refractivity contribution in [2.75, 3.05) is 26.8 Å². The van der Waals surface area contributed by atoms with Crippen molar-refractivity contribution >= 4 is 0 Å². The predicted molar refractivity (Wildman–Crippen MR) is 74.3 cm³/mol. The molecule has 0 radical (unpaired) electrons. The van der Waals surface area contributed by atoms with Gasteiger partial charge in [0.15, 0.2) is 0 Å². The molecule has 1 aliphatic carbocycles. The number of hydrogen-bond acceptors (Lipinski definition) is 2. The molecule has 2 heteroatoms. The van der Waals surface area contributed by atoms with Crippen molar-refractivity contribution in [3.05, 3.63) is 0 Å². The Morgan fingerprint density at radius 1 is 1.24 bits per heavy atom. The zero-order valence-electron chi connectivity index (χ0n) is 12.1. The summed E-state index contributed by atoms with van der Waals surface area (Å²) < 4.78 is 5.46. The molecule has 0 aromatic rings. The lowest BCUT2D eigenvalue weighted by molar-refractivity contribution is 0.0345. The highest BCUT2D eigenvalue weighted by Gasteiger charge is 2.34. The van der Waals surface area contributed by atoms with E-state index < -0.39 is 0 Å². The first kappa shape index (κ1) is 15.0. The highest BCUT2D eigenvalue weighted by atomic mass is 16.5. The molecular weight excluding hydrogens is 210 g/mol. The first-order chi connectivity index (χ1) is 8.26. The zero-order chi connectivity index (χ0) is 12.6. The summed E-state index contributed by atoms with van der Waals surface area (Å²) in [5.74, 6) is 0.988. The maximum atomic E-state index is 5.46. The first-order valence-electron chi connectivity index (χ1n) is 7.46. The highest BCUT2D eigenvalue weighted by Crippen LogP contribution is 2.40. The summed E-state index contributed by atoms with van der Waals surface area (Å²) in [6.45, 7) is 7.62. The summed E-state index contributed by atoms with van der Waals surface area (Å²) >= 11 is 0. The third-order valence-electron chi connectivity index (χ3n) is 4.33. The summed E-state index contributed by atoms with van der Waals surface area (Å²) in [6.07, 6.45) is 9.72. The molecule has 0 heterocycles. The van der Waals surface area contributed by atoms with Gasteiger partial charge in [0.2, 0.25) is 0 Å². The molecule has 0 amide bonds. The summed E-state index contributed by atoms with van der Waals surface area (Å²) in [7, 11) is 1.84. The Balaban J connectivity index is 2.37. The minimum Gasteiger partial charge on any atom is -0.384 e. The normalized spacial score (nSPS) is 29.5. The lowest BCUT2D eigenvalue weighted by atomic mass is 9.69. The topological polar surface area (TPSA) is 21.3 Å². The van der Waals surface area contributed by atoms with Crippen LogP contribution in [-0.4, -0.2) is 26.8 Å². The number of rotatable bonds is 8. The van der Waals surface area contributed by atoms with Crippen LogP contribution in [0.4, 0.5) is 0 Å². The molecule has 1 saturated carbocycles. The second-order valence-electron chi connectivity index (χ2n) is 5.80. The van der Waals surface area contributed by atoms with Crippen LogP contribution in [0.1, 0.15) is 58.8 Å². The van der Waals surface area contributed by atoms with Crippen molar-refractivity contribution in [2.24, 2.45) is 11.3 Å². The van der Waals surface area contributed by atoms with Gasteiger partial charge >= 0.3 is 0 Å². The molecule has 1 rings (SSSR count). The van der Waals surface area contributed by atoms with Gasteiger partial charge in [-0.2, -0.15) is 0 Å². The number of hydrogen-bond donors (Lipinski definition) is 1. The fourth-order valence-corrected chi connectivity index (χ4v) is 3.14. The second kappa shape index (κ2) is 8.10. The standard InChI is InChI=1S/C15H31NO/c1-4-6-7-14-8-10-15(11-9-14,13-17-3)12-16-5-2/h14,16H,4-13H2,1-3H3. The maximum absolute atomic E-state index is 5.46. The van der Waals surface area contributed by atoms with E-state index in [2.05, 4.69) is 19.2 Å². The molecule has 0 saturated heterocycles. The van der Waals surface area contributed by atoms with Crippen molar-refractivity contribution in [1.29, 1.82) is 0 Å². The van der Waals surface area contributed by atoms with E-state index in [1.54, 1.807) is 0 Å². The van der Waals surface area contributed by atoms with Gasteiger partial charge in [0.1, 0.15) is 0 Å². The minimum absolute atomic E-state index is 0.424. The van der Waals surface area contributed by atoms with Crippen molar-refractivity contribution in [3.8, 4) is 0 Å². The summed E-state index contributed by atoms with van der Waals surface area (Å²) in [5.41, 5.74) is 0.424. The lowest BCUT2D eigenvalue weighted by Crippen LogP contribution is -2.41. The Kier molecular flexibility index (Phi) is 7.14. The largest absolute Gasteiger partial charge is 0.384 e. The highest BCUT2D eigenvalue weighted by molar-refractivity contribution is 4.87. The van der Waals surface area contributed by atoms with E-state index in [0.717, 1.165) is 25.6 Å². The number of unbranched alkanes of at least 4 members (excludes halogenated alkanes) is 1. The second-order valence-corrected chi connectivity index (χ2v) is 5.80. The van der Waals surface area contributed by atoms with Crippen LogP contribution >= 0.6 is 0 Å². The van der Waals surface area contributed by atoms with E-state index in [-0.39, 0.29) is 0 Å². The Morgan fingerprint density at radius 2 is 1.94 bits per heavy atom. The predicted octanol–water partition coefficient (Wildman–Crippen LogP) is 3.61. The summed E-state index contributed by atoms with van der Waals surface area (Å²) in [5, 5.41) is 3.52. The van der Waals surface area contributed by atoms with Gasteiger partial charge in [0, 0.05) is 19.1 Å². The van der Waals surface area contributed by atoms with E-state index in [9.17, 15) is 0 Å². The van der Waals surface area contributed by atoms with Crippen LogP contribution in [0, 0.1) is 11.3 Å². The van der Waals surface area contributed by atoms with Crippen molar-refractivity contribution in [1.82, 2.24) is 5.32 Å². The monoisotopic (exact) mass is 241 g/mol. The molecule has 2 nitrogen and oxygen atoms in total. The van der Waals surface area contributed by atoms with E-state index in [4.69, 9.17) is 4.74 Å². The van der Waals surface area contributed by atoms with Crippen molar-refractivity contribution < 1.29 is 4.74 Å². The van der Waals surface area contributed by atoms with E-state index in [0.29, 0.717) is 5.41 Å². The Hall–Kier alpha value is -0.0800. The quantitative estimate of drug-likeness (QED) is 0.701. The molecule has 0 aliphatic heterocycles. The molecule has 102 valence electrons. The third-order valence-corrected chi connectivity index (χ3v) is 4.33. The lowest BCUT2D eigenvalue weighted by Gasteiger charge is -2.40. The average molecular weight is 241 g/mol. The molecule has 0 spiro atoms. The number of nitrogens with one attached hydrogen (secondary N) is 1. The number of methoxy groups -OCH3 is 1. The van der Waals surface area contributed by atoms with Gasteiger partial charge in [-0.25, -0.2) is 0 Å². The molecule has 0 atom stereocenters. The smallest absolute Gasteiger partial charge is 0.0530 e. The van der Waals surface area contributed by atoms with Gasteiger partial charge in [0.05, 0.1) is 6.61 Å². The van der Waals surface area contributed by atoms with Gasteiger partial charge in [0.25, 0.3) is 0 Å². The van der Waals surface area contributed by atoms with Crippen LogP contribution in [0.2, 0.25) is 0 Å². The first-order valence-corrected chi connectivity index (χ1v) is 7.46. The minimum atomic E-state index is 0.424. The third kappa shape index (κ3) is 4.97. The van der Waals surface area contributed by atoms with Gasteiger partial charge in [-0.05, 0) is 38.1 Å². The Bertz CT molecular complexity index is 185. The van der Waals surface area contributed by atoms with Crippen LogP contribution in [0.25, 0.3) is 0 Å². The van der Waals surface area contributed by atoms with Crippen molar-refractivity contribution in [3.63, 3.8) is 0 Å². The SMILES string of the molecule is CCCCC1CCC(CNCC)(COC)CC1. The summed E-state index contributed by atoms with van der Waals surface area (Å²) in [6, 6.07) is 0. The van der Waals surface area contributed by atoms with Crippen LogP contribution < -0.4 is 5.32 Å². The van der Waals surface area contributed by atoms with E-state index in [1.807, 2.05) is 7.11 Å². The van der Waals surface area contributed by atoms with Crippen LogP contribution in [-0.2, 0) is 4.74 Å². The molecule has 0 unspecified atom stereocenters. The fourth-order valence-electron chi connectivity index (χ4n) is 3.14.